The predicted octanol–water partition coefficient (Wildman–Crippen LogP) is 3.40. The first-order valence-corrected chi connectivity index (χ1v) is 5.59. The molecule has 0 amide bonds. The second kappa shape index (κ2) is 6.15. The Morgan fingerprint density at radius 3 is 2.71 bits per heavy atom. The number of nitrogens with one attached hydrogen (secondary N) is 1. The van der Waals surface area contributed by atoms with Crippen LogP contribution in [0.4, 0.5) is 0 Å². The molecule has 0 bridgehead atoms. The quantitative estimate of drug-likeness (QED) is 0.770. The number of benzene rings is 1. The highest BCUT2D eigenvalue weighted by atomic mass is 35.5. The van der Waals surface area contributed by atoms with Crippen molar-refractivity contribution in [2.24, 2.45) is 0 Å². The molecule has 0 radical (unpaired) electrons. The van der Waals surface area contributed by atoms with Gasteiger partial charge < -0.3 is 15.2 Å². The molecule has 3 N–H and O–H groups in total. The van der Waals surface area contributed by atoms with Gasteiger partial charge in [0.1, 0.15) is 5.75 Å². The van der Waals surface area contributed by atoms with Gasteiger partial charge in [0.15, 0.2) is 0 Å². The SMILES string of the molecule is CCCC(=O)O.Oc1c[nH]c2ccc(Cl)cc12. The molecule has 2 aromatic rings. The highest BCUT2D eigenvalue weighted by Gasteiger charge is 2.00. The molecule has 0 unspecified atom stereocenters. The average molecular weight is 256 g/mol. The molecule has 0 saturated carbocycles. The fraction of sp³-hybridized carbons (Fsp3) is 0.250. The molecule has 17 heavy (non-hydrogen) atoms. The first-order chi connectivity index (χ1) is 8.04. The number of hydrogen-bond acceptors (Lipinski definition) is 2. The summed E-state index contributed by atoms with van der Waals surface area (Å²) < 4.78 is 0. The second-order valence-electron chi connectivity index (χ2n) is 3.51. The monoisotopic (exact) mass is 255 g/mol. The van der Waals surface area contributed by atoms with E-state index < -0.39 is 5.97 Å². The van der Waals surface area contributed by atoms with Crippen LogP contribution in [-0.4, -0.2) is 21.2 Å². The molecule has 4 nitrogen and oxygen atoms in total. The first kappa shape index (κ1) is 13.4. The number of aromatic nitrogens is 1. The summed E-state index contributed by atoms with van der Waals surface area (Å²) in [6.45, 7) is 1.84. The third-order valence-corrected chi connectivity index (χ3v) is 2.32. The minimum absolute atomic E-state index is 0.238. The Kier molecular flexibility index (Phi) is 4.84. The summed E-state index contributed by atoms with van der Waals surface area (Å²) in [6.07, 6.45) is 2.57. The van der Waals surface area contributed by atoms with Gasteiger partial charge in [0, 0.05) is 28.5 Å². The lowest BCUT2D eigenvalue weighted by Crippen LogP contribution is -1.90. The Bertz CT molecular complexity index is 507. The van der Waals surface area contributed by atoms with Crippen molar-refractivity contribution >= 4 is 28.5 Å². The molecule has 0 aliphatic rings. The summed E-state index contributed by atoms with van der Waals surface area (Å²) in [5, 5.41) is 18.6. The number of aliphatic carboxylic acids is 1. The van der Waals surface area contributed by atoms with Crippen LogP contribution in [0.25, 0.3) is 10.9 Å². The van der Waals surface area contributed by atoms with Crippen LogP contribution in [0.15, 0.2) is 24.4 Å². The number of hydrogen-bond donors (Lipinski definition) is 3. The summed E-state index contributed by atoms with van der Waals surface area (Å²) in [6, 6.07) is 5.33. The molecule has 0 saturated heterocycles. The van der Waals surface area contributed by atoms with E-state index in [-0.39, 0.29) is 5.75 Å². The zero-order valence-corrected chi connectivity index (χ0v) is 10.2. The van der Waals surface area contributed by atoms with Crippen molar-refractivity contribution in [1.29, 1.82) is 0 Å². The molecular formula is C12H14ClNO3. The zero-order chi connectivity index (χ0) is 12.8. The van der Waals surface area contributed by atoms with Gasteiger partial charge in [0.05, 0.1) is 0 Å². The summed E-state index contributed by atoms with van der Waals surface area (Å²) in [5.41, 5.74) is 0.895. The lowest BCUT2D eigenvalue weighted by Gasteiger charge is -1.90. The molecule has 1 aromatic heterocycles. The van der Waals surface area contributed by atoms with Crippen molar-refractivity contribution in [3.63, 3.8) is 0 Å². The molecule has 0 atom stereocenters. The molecule has 1 aromatic carbocycles. The van der Waals surface area contributed by atoms with E-state index >= 15 is 0 Å². The maximum atomic E-state index is 9.60. The van der Waals surface area contributed by atoms with Crippen molar-refractivity contribution in [3.8, 4) is 5.75 Å². The first-order valence-electron chi connectivity index (χ1n) is 5.22. The van der Waals surface area contributed by atoms with Crippen LogP contribution >= 0.6 is 11.6 Å². The summed E-state index contributed by atoms with van der Waals surface area (Å²) >= 11 is 5.72. The molecular weight excluding hydrogens is 242 g/mol. The molecule has 1 heterocycles. The molecule has 92 valence electrons. The summed E-state index contributed by atoms with van der Waals surface area (Å²) in [5.74, 6) is -0.472. The van der Waals surface area contributed by atoms with E-state index in [9.17, 15) is 9.90 Å². The van der Waals surface area contributed by atoms with E-state index in [1.54, 1.807) is 18.3 Å². The third kappa shape index (κ3) is 4.00. The molecule has 0 spiro atoms. The summed E-state index contributed by atoms with van der Waals surface area (Å²) in [7, 11) is 0. The van der Waals surface area contributed by atoms with Gasteiger partial charge in [-0.05, 0) is 24.6 Å². The van der Waals surface area contributed by atoms with Gasteiger partial charge >= 0.3 is 5.97 Å². The predicted molar refractivity (Wildman–Crippen MR) is 67.5 cm³/mol. The Hall–Kier alpha value is -1.68. The van der Waals surface area contributed by atoms with Crippen LogP contribution in [0.1, 0.15) is 19.8 Å². The normalized spacial score (nSPS) is 9.76. The Balaban J connectivity index is 0.000000209. The standard InChI is InChI=1S/C8H6ClNO.C4H8O2/c9-5-1-2-7-6(3-5)8(11)4-10-7;1-2-3-4(5)6/h1-4,10-11H;2-3H2,1H3,(H,5,6). The smallest absolute Gasteiger partial charge is 0.303 e. The molecule has 2 rings (SSSR count). The number of carbonyl (C=O) groups is 1. The number of carboxylic acids is 1. The lowest BCUT2D eigenvalue weighted by molar-refractivity contribution is -0.137. The minimum Gasteiger partial charge on any atom is -0.506 e. The topological polar surface area (TPSA) is 73.3 Å². The Morgan fingerprint density at radius 1 is 1.47 bits per heavy atom. The maximum Gasteiger partial charge on any atom is 0.303 e. The number of fused-ring (bicyclic) bond motifs is 1. The Labute approximate surface area is 104 Å². The van der Waals surface area contributed by atoms with Gasteiger partial charge in [-0.15, -0.1) is 0 Å². The van der Waals surface area contributed by atoms with Crippen molar-refractivity contribution in [2.75, 3.05) is 0 Å². The Morgan fingerprint density at radius 2 is 2.18 bits per heavy atom. The number of H-pyrrole nitrogens is 1. The van der Waals surface area contributed by atoms with E-state index in [0.717, 1.165) is 17.3 Å². The lowest BCUT2D eigenvalue weighted by atomic mass is 10.2. The fourth-order valence-electron chi connectivity index (χ4n) is 1.29. The van der Waals surface area contributed by atoms with Gasteiger partial charge in [-0.25, -0.2) is 0 Å². The van der Waals surface area contributed by atoms with Gasteiger partial charge in [0.2, 0.25) is 0 Å². The van der Waals surface area contributed by atoms with Crippen molar-refractivity contribution in [1.82, 2.24) is 4.98 Å². The highest BCUT2D eigenvalue weighted by Crippen LogP contribution is 2.26. The second-order valence-corrected chi connectivity index (χ2v) is 3.94. The average Bonchev–Trinajstić information content (AvgIpc) is 2.61. The molecule has 0 fully saturated rings. The van der Waals surface area contributed by atoms with Crippen molar-refractivity contribution in [2.45, 2.75) is 19.8 Å². The largest absolute Gasteiger partial charge is 0.506 e. The van der Waals surface area contributed by atoms with Gasteiger partial charge in [0.25, 0.3) is 0 Å². The van der Waals surface area contributed by atoms with Crippen LogP contribution in [-0.2, 0) is 4.79 Å². The van der Waals surface area contributed by atoms with Gasteiger partial charge in [-0.2, -0.15) is 0 Å². The highest BCUT2D eigenvalue weighted by molar-refractivity contribution is 6.31. The number of rotatable bonds is 2. The number of aromatic hydroxyl groups is 1. The van der Waals surface area contributed by atoms with Gasteiger partial charge in [-0.3, -0.25) is 4.79 Å². The van der Waals surface area contributed by atoms with Crippen molar-refractivity contribution < 1.29 is 15.0 Å². The van der Waals surface area contributed by atoms with Crippen LogP contribution in [0.5, 0.6) is 5.75 Å². The zero-order valence-electron chi connectivity index (χ0n) is 9.40. The number of halogens is 1. The van der Waals surface area contributed by atoms with Gasteiger partial charge in [-0.1, -0.05) is 18.5 Å². The van der Waals surface area contributed by atoms with Crippen LogP contribution < -0.4 is 0 Å². The maximum absolute atomic E-state index is 9.60. The van der Waals surface area contributed by atoms with E-state index in [4.69, 9.17) is 16.7 Å². The van der Waals surface area contributed by atoms with E-state index in [1.165, 1.54) is 0 Å². The third-order valence-electron chi connectivity index (χ3n) is 2.09. The molecule has 0 aliphatic carbocycles. The van der Waals surface area contributed by atoms with Crippen LogP contribution in [0, 0.1) is 0 Å². The van der Waals surface area contributed by atoms with Crippen molar-refractivity contribution in [3.05, 3.63) is 29.4 Å². The van der Waals surface area contributed by atoms with Crippen LogP contribution in [0.3, 0.4) is 0 Å². The molecule has 5 heteroatoms. The van der Waals surface area contributed by atoms with E-state index in [0.29, 0.717) is 11.4 Å². The number of aromatic amines is 1. The molecule has 0 aliphatic heterocycles. The van der Waals surface area contributed by atoms with E-state index in [2.05, 4.69) is 4.98 Å². The van der Waals surface area contributed by atoms with E-state index in [1.807, 2.05) is 13.0 Å². The fourth-order valence-corrected chi connectivity index (χ4v) is 1.46. The number of carboxylic acid groups (broad SMARTS) is 1. The minimum atomic E-state index is -0.711. The van der Waals surface area contributed by atoms with Crippen LogP contribution in [0.2, 0.25) is 5.02 Å². The summed E-state index contributed by atoms with van der Waals surface area (Å²) in [4.78, 5) is 12.5.